The molecule has 1 rings (SSSR count). The lowest BCUT2D eigenvalue weighted by Crippen LogP contribution is -2.26. The van der Waals surface area contributed by atoms with Gasteiger partial charge < -0.3 is 0 Å². The highest BCUT2D eigenvalue weighted by Crippen LogP contribution is 2.13. The van der Waals surface area contributed by atoms with Crippen LogP contribution in [0.4, 0.5) is 4.39 Å². The Morgan fingerprint density at radius 2 is 2.13 bits per heavy atom. The molecular weight excluding hydrogens is 191 g/mol. The number of nitriles is 1. The molecule has 0 saturated carbocycles. The summed E-state index contributed by atoms with van der Waals surface area (Å²) >= 11 is 0. The number of halogens is 1. The van der Waals surface area contributed by atoms with Crippen molar-refractivity contribution in [3.8, 4) is 6.07 Å². The molecule has 0 aliphatic rings. The van der Waals surface area contributed by atoms with E-state index in [1.165, 1.54) is 18.2 Å². The van der Waals surface area contributed by atoms with Crippen LogP contribution in [-0.4, -0.2) is 18.0 Å². The second-order valence-corrected chi connectivity index (χ2v) is 3.92. The van der Waals surface area contributed by atoms with Crippen molar-refractivity contribution in [1.82, 2.24) is 4.90 Å². The second kappa shape index (κ2) is 4.90. The Morgan fingerprint density at radius 3 is 2.67 bits per heavy atom. The smallest absolute Gasteiger partial charge is 0.123 e. The molecule has 0 saturated heterocycles. The summed E-state index contributed by atoms with van der Waals surface area (Å²) in [4.78, 5) is 2.07. The van der Waals surface area contributed by atoms with Crippen molar-refractivity contribution in [3.63, 3.8) is 0 Å². The largest absolute Gasteiger partial charge is 0.300 e. The third-order valence-electron chi connectivity index (χ3n) is 2.49. The lowest BCUT2D eigenvalue weighted by Gasteiger charge is -2.21. The number of benzene rings is 1. The van der Waals surface area contributed by atoms with E-state index in [0.29, 0.717) is 18.2 Å². The van der Waals surface area contributed by atoms with E-state index >= 15 is 0 Å². The fourth-order valence-electron chi connectivity index (χ4n) is 1.25. The molecule has 0 radical (unpaired) electrons. The molecule has 80 valence electrons. The van der Waals surface area contributed by atoms with Crippen LogP contribution in [-0.2, 0) is 6.54 Å². The van der Waals surface area contributed by atoms with E-state index in [9.17, 15) is 4.39 Å². The zero-order chi connectivity index (χ0) is 11.4. The van der Waals surface area contributed by atoms with Crippen molar-refractivity contribution in [3.05, 3.63) is 35.1 Å². The van der Waals surface area contributed by atoms with Crippen LogP contribution in [0, 0.1) is 17.1 Å². The molecule has 0 heterocycles. The summed E-state index contributed by atoms with van der Waals surface area (Å²) in [6.07, 6.45) is 0. The summed E-state index contributed by atoms with van der Waals surface area (Å²) in [5.41, 5.74) is 1.29. The van der Waals surface area contributed by atoms with Gasteiger partial charge in [0.05, 0.1) is 11.6 Å². The Kier molecular flexibility index (Phi) is 3.81. The molecule has 1 aromatic rings. The molecular formula is C12H15FN2. The van der Waals surface area contributed by atoms with Crippen LogP contribution >= 0.6 is 0 Å². The van der Waals surface area contributed by atoms with Gasteiger partial charge in [0.25, 0.3) is 0 Å². The molecule has 0 aromatic heterocycles. The van der Waals surface area contributed by atoms with Crippen molar-refractivity contribution >= 4 is 0 Å². The monoisotopic (exact) mass is 206 g/mol. The van der Waals surface area contributed by atoms with Crippen LogP contribution in [0.25, 0.3) is 0 Å². The zero-order valence-corrected chi connectivity index (χ0v) is 9.29. The van der Waals surface area contributed by atoms with Crippen LogP contribution in [0.15, 0.2) is 18.2 Å². The van der Waals surface area contributed by atoms with Gasteiger partial charge in [-0.1, -0.05) is 0 Å². The molecule has 0 bridgehead atoms. The van der Waals surface area contributed by atoms with E-state index in [0.717, 1.165) is 5.56 Å². The van der Waals surface area contributed by atoms with Gasteiger partial charge in [0.2, 0.25) is 0 Å². The first kappa shape index (κ1) is 11.7. The quantitative estimate of drug-likeness (QED) is 0.760. The molecule has 3 heteroatoms. The number of rotatable bonds is 3. The minimum Gasteiger partial charge on any atom is -0.300 e. The molecule has 0 fully saturated rings. The Labute approximate surface area is 89.9 Å². The normalized spacial score (nSPS) is 10.7. The average molecular weight is 206 g/mol. The topological polar surface area (TPSA) is 27.0 Å². The average Bonchev–Trinajstić information content (AvgIpc) is 2.18. The van der Waals surface area contributed by atoms with Gasteiger partial charge in [-0.05, 0) is 44.7 Å². The van der Waals surface area contributed by atoms with Gasteiger partial charge in [-0.3, -0.25) is 4.90 Å². The number of nitrogens with zero attached hydrogens (tertiary/aromatic N) is 2. The van der Waals surface area contributed by atoms with Crippen molar-refractivity contribution in [2.75, 3.05) is 7.05 Å². The van der Waals surface area contributed by atoms with Gasteiger partial charge in [0, 0.05) is 12.6 Å². The first-order valence-electron chi connectivity index (χ1n) is 4.93. The highest BCUT2D eigenvalue weighted by Gasteiger charge is 2.08. The molecule has 2 nitrogen and oxygen atoms in total. The summed E-state index contributed by atoms with van der Waals surface area (Å²) in [5, 5.41) is 8.87. The van der Waals surface area contributed by atoms with Crippen molar-refractivity contribution < 1.29 is 4.39 Å². The Hall–Kier alpha value is -1.40. The van der Waals surface area contributed by atoms with E-state index in [1.54, 1.807) is 0 Å². The van der Waals surface area contributed by atoms with Crippen LogP contribution in [0.1, 0.15) is 25.0 Å². The maximum absolute atomic E-state index is 13.0. The SMILES string of the molecule is CC(C)N(C)Cc1cc(F)ccc1C#N. The lowest BCUT2D eigenvalue weighted by atomic mass is 10.1. The highest BCUT2D eigenvalue weighted by atomic mass is 19.1. The predicted octanol–water partition coefficient (Wildman–Crippen LogP) is 2.54. The molecule has 0 atom stereocenters. The van der Waals surface area contributed by atoms with E-state index in [1.807, 2.05) is 7.05 Å². The van der Waals surface area contributed by atoms with E-state index in [-0.39, 0.29) is 5.82 Å². The second-order valence-electron chi connectivity index (χ2n) is 3.92. The predicted molar refractivity (Wildman–Crippen MR) is 57.7 cm³/mol. The summed E-state index contributed by atoms with van der Waals surface area (Å²) in [6, 6.07) is 6.72. The van der Waals surface area contributed by atoms with Crippen LogP contribution in [0.5, 0.6) is 0 Å². The standard InChI is InChI=1S/C12H15FN2/c1-9(2)15(3)8-11-6-12(13)5-4-10(11)7-14/h4-6,9H,8H2,1-3H3. The molecule has 0 aliphatic heterocycles. The molecule has 1 aromatic carbocycles. The fraction of sp³-hybridized carbons (Fsp3) is 0.417. The van der Waals surface area contributed by atoms with Crippen molar-refractivity contribution in [2.24, 2.45) is 0 Å². The highest BCUT2D eigenvalue weighted by molar-refractivity contribution is 5.37. The van der Waals surface area contributed by atoms with Gasteiger partial charge in [0.1, 0.15) is 5.82 Å². The minimum absolute atomic E-state index is 0.291. The van der Waals surface area contributed by atoms with Crippen molar-refractivity contribution in [2.45, 2.75) is 26.4 Å². The van der Waals surface area contributed by atoms with Gasteiger partial charge in [-0.25, -0.2) is 4.39 Å². The Bertz CT molecular complexity index is 380. The fourth-order valence-corrected chi connectivity index (χ4v) is 1.25. The molecule has 0 N–H and O–H groups in total. The summed E-state index contributed by atoms with van der Waals surface area (Å²) in [7, 11) is 1.96. The Morgan fingerprint density at radius 1 is 1.47 bits per heavy atom. The molecule has 0 aliphatic carbocycles. The van der Waals surface area contributed by atoms with Crippen molar-refractivity contribution in [1.29, 1.82) is 5.26 Å². The maximum Gasteiger partial charge on any atom is 0.123 e. The Balaban J connectivity index is 2.93. The van der Waals surface area contributed by atoms with Gasteiger partial charge in [-0.2, -0.15) is 5.26 Å². The first-order valence-corrected chi connectivity index (χ1v) is 4.93. The van der Waals surface area contributed by atoms with E-state index < -0.39 is 0 Å². The van der Waals surface area contributed by atoms with Crippen LogP contribution < -0.4 is 0 Å². The summed E-state index contributed by atoms with van der Waals surface area (Å²) < 4.78 is 13.0. The third kappa shape index (κ3) is 3.03. The van der Waals surface area contributed by atoms with E-state index in [4.69, 9.17) is 5.26 Å². The zero-order valence-electron chi connectivity index (χ0n) is 9.29. The van der Waals surface area contributed by atoms with Gasteiger partial charge in [-0.15, -0.1) is 0 Å². The summed E-state index contributed by atoms with van der Waals surface area (Å²) in [6.45, 7) is 4.72. The molecule has 15 heavy (non-hydrogen) atoms. The summed E-state index contributed by atoms with van der Waals surface area (Å²) in [5.74, 6) is -0.291. The lowest BCUT2D eigenvalue weighted by molar-refractivity contribution is 0.265. The number of hydrogen-bond donors (Lipinski definition) is 0. The van der Waals surface area contributed by atoms with Crippen LogP contribution in [0.3, 0.4) is 0 Å². The third-order valence-corrected chi connectivity index (χ3v) is 2.49. The molecule has 0 amide bonds. The maximum atomic E-state index is 13.0. The van der Waals surface area contributed by atoms with Gasteiger partial charge in [0.15, 0.2) is 0 Å². The molecule has 0 unspecified atom stereocenters. The van der Waals surface area contributed by atoms with Crippen LogP contribution in [0.2, 0.25) is 0 Å². The number of hydrogen-bond acceptors (Lipinski definition) is 2. The van der Waals surface area contributed by atoms with E-state index in [2.05, 4.69) is 24.8 Å². The van der Waals surface area contributed by atoms with Gasteiger partial charge >= 0.3 is 0 Å². The first-order chi connectivity index (χ1) is 7.04. The molecule has 0 spiro atoms. The minimum atomic E-state index is -0.291.